The van der Waals surface area contributed by atoms with Crippen molar-refractivity contribution in [2.75, 3.05) is 5.73 Å². The summed E-state index contributed by atoms with van der Waals surface area (Å²) in [4.78, 5) is -2.61. The van der Waals surface area contributed by atoms with Gasteiger partial charge >= 0.3 is 12.4 Å². The Morgan fingerprint density at radius 1 is 0.692 bits per heavy atom. The van der Waals surface area contributed by atoms with Crippen LogP contribution < -0.4 is 5.73 Å². The summed E-state index contributed by atoms with van der Waals surface area (Å²) in [6, 6.07) is -0.000804. The maximum atomic E-state index is 13.4. The van der Waals surface area contributed by atoms with E-state index >= 15 is 0 Å². The highest BCUT2D eigenvalue weighted by Crippen LogP contribution is 2.38. The molecule has 0 saturated heterocycles. The van der Waals surface area contributed by atoms with Crippen molar-refractivity contribution in [2.45, 2.75) is 22.1 Å². The van der Waals surface area contributed by atoms with Gasteiger partial charge in [-0.3, -0.25) is 0 Å². The molecule has 0 heterocycles. The highest BCUT2D eigenvalue weighted by Gasteiger charge is 2.38. The van der Waals surface area contributed by atoms with Crippen LogP contribution in [0, 0.1) is 11.6 Å². The predicted molar refractivity (Wildman–Crippen MR) is 72.7 cm³/mol. The zero-order chi connectivity index (χ0) is 20.1. The number of hydrogen-bond donors (Lipinski definition) is 1. The zero-order valence-corrected chi connectivity index (χ0v) is 13.0. The van der Waals surface area contributed by atoms with E-state index in [0.717, 1.165) is 0 Å². The summed E-state index contributed by atoms with van der Waals surface area (Å²) in [6.07, 6.45) is -10.6. The minimum Gasteiger partial charge on any atom is -0.394 e. The van der Waals surface area contributed by atoms with Crippen LogP contribution in [0.4, 0.5) is 40.8 Å². The van der Waals surface area contributed by atoms with E-state index in [1.54, 1.807) is 0 Å². The predicted octanol–water partition coefficient (Wildman–Crippen LogP) is 4.42. The van der Waals surface area contributed by atoms with E-state index in [1.807, 2.05) is 0 Å². The number of sulfone groups is 1. The molecule has 0 aromatic heterocycles. The average molecular weight is 405 g/mol. The fraction of sp³-hybridized carbons (Fsp3) is 0.143. The molecule has 0 bridgehead atoms. The van der Waals surface area contributed by atoms with Crippen molar-refractivity contribution in [1.29, 1.82) is 0 Å². The quantitative estimate of drug-likeness (QED) is 0.595. The molecule has 0 radical (unpaired) electrons. The topological polar surface area (TPSA) is 60.2 Å². The van der Waals surface area contributed by atoms with Crippen LogP contribution >= 0.6 is 0 Å². The van der Waals surface area contributed by atoms with Gasteiger partial charge in [0.1, 0.15) is 17.3 Å². The van der Waals surface area contributed by atoms with Gasteiger partial charge in [0.25, 0.3) is 0 Å². The van der Waals surface area contributed by atoms with Crippen molar-refractivity contribution in [2.24, 2.45) is 0 Å². The Hall–Kier alpha value is -2.37. The lowest BCUT2D eigenvalue weighted by atomic mass is 10.1. The fourth-order valence-corrected chi connectivity index (χ4v) is 3.29. The van der Waals surface area contributed by atoms with E-state index in [1.165, 1.54) is 0 Å². The van der Waals surface area contributed by atoms with Crippen molar-refractivity contribution in [3.63, 3.8) is 0 Å². The summed E-state index contributed by atoms with van der Waals surface area (Å²) < 4.78 is 128. The Morgan fingerprint density at radius 3 is 1.38 bits per heavy atom. The van der Waals surface area contributed by atoms with Crippen LogP contribution in [0.25, 0.3) is 0 Å². The van der Waals surface area contributed by atoms with Gasteiger partial charge in [-0.15, -0.1) is 0 Å². The number of nitrogen functional groups attached to an aromatic ring is 1. The number of hydrogen-bond acceptors (Lipinski definition) is 3. The second kappa shape index (κ2) is 6.11. The summed E-state index contributed by atoms with van der Waals surface area (Å²) in [5, 5.41) is 0. The minimum absolute atomic E-state index is 0.0588. The Balaban J connectivity index is 2.77. The normalized spacial score (nSPS) is 13.1. The number of benzene rings is 2. The molecule has 2 N–H and O–H groups in total. The zero-order valence-electron chi connectivity index (χ0n) is 12.2. The lowest BCUT2D eigenvalue weighted by Gasteiger charge is -2.14. The first-order chi connectivity index (χ1) is 11.6. The standard InChI is InChI=1S/C14H7F8NO2S/c15-10-4-9(5-11(16)12(10)23)26(24,25)8-2-6(13(17,18)19)1-7(3-8)14(20,21)22/h1-5H,23H2. The van der Waals surface area contributed by atoms with Crippen molar-refractivity contribution < 1.29 is 43.5 Å². The molecule has 0 atom stereocenters. The van der Waals surface area contributed by atoms with E-state index in [4.69, 9.17) is 5.73 Å². The maximum Gasteiger partial charge on any atom is 0.416 e. The summed E-state index contributed by atoms with van der Waals surface area (Å²) in [6.45, 7) is 0. The second-order valence-corrected chi connectivity index (χ2v) is 7.00. The first-order valence-electron chi connectivity index (χ1n) is 6.43. The Morgan fingerprint density at radius 2 is 1.04 bits per heavy atom. The van der Waals surface area contributed by atoms with Crippen molar-refractivity contribution in [3.05, 3.63) is 53.1 Å². The summed E-state index contributed by atoms with van der Waals surface area (Å²) >= 11 is 0. The van der Waals surface area contributed by atoms with Gasteiger partial charge in [-0.2, -0.15) is 26.3 Å². The molecule has 0 spiro atoms. The summed E-state index contributed by atoms with van der Waals surface area (Å²) in [5.74, 6) is -3.07. The van der Waals surface area contributed by atoms with Gasteiger partial charge in [0.05, 0.1) is 20.9 Å². The molecule has 0 unspecified atom stereocenters. The van der Waals surface area contributed by atoms with E-state index in [9.17, 15) is 43.5 Å². The molecule has 142 valence electrons. The molecule has 12 heteroatoms. The van der Waals surface area contributed by atoms with Gasteiger partial charge in [-0.1, -0.05) is 0 Å². The molecule has 0 aliphatic rings. The Kier molecular flexibility index (Phi) is 4.69. The SMILES string of the molecule is Nc1c(F)cc(S(=O)(=O)c2cc(C(F)(F)F)cc(C(F)(F)F)c2)cc1F. The monoisotopic (exact) mass is 405 g/mol. The fourth-order valence-electron chi connectivity index (χ4n) is 1.93. The number of halogens is 8. The molecule has 0 aliphatic carbocycles. The highest BCUT2D eigenvalue weighted by atomic mass is 32.2. The maximum absolute atomic E-state index is 13.4. The van der Waals surface area contributed by atoms with Gasteiger partial charge in [-0.05, 0) is 30.3 Å². The van der Waals surface area contributed by atoms with Crippen LogP contribution in [0.1, 0.15) is 11.1 Å². The van der Waals surface area contributed by atoms with E-state index in [0.29, 0.717) is 0 Å². The van der Waals surface area contributed by atoms with Gasteiger partial charge in [0, 0.05) is 0 Å². The van der Waals surface area contributed by atoms with Crippen molar-refractivity contribution in [3.8, 4) is 0 Å². The van der Waals surface area contributed by atoms with Crippen LogP contribution in [-0.4, -0.2) is 8.42 Å². The highest BCUT2D eigenvalue weighted by molar-refractivity contribution is 7.91. The number of anilines is 1. The first-order valence-corrected chi connectivity index (χ1v) is 7.91. The van der Waals surface area contributed by atoms with Crippen LogP contribution in [0.15, 0.2) is 40.1 Å². The molecule has 3 nitrogen and oxygen atoms in total. The molecule has 0 amide bonds. The van der Waals surface area contributed by atoms with Crippen LogP contribution in [0.2, 0.25) is 0 Å². The van der Waals surface area contributed by atoms with Crippen LogP contribution in [0.5, 0.6) is 0 Å². The van der Waals surface area contributed by atoms with Gasteiger partial charge in [0.2, 0.25) is 9.84 Å². The smallest absolute Gasteiger partial charge is 0.394 e. The molecular weight excluding hydrogens is 398 g/mol. The molecule has 2 aromatic rings. The Labute approximate surface area is 141 Å². The molecule has 26 heavy (non-hydrogen) atoms. The van der Waals surface area contributed by atoms with E-state index in [2.05, 4.69) is 0 Å². The molecule has 0 fully saturated rings. The first kappa shape index (κ1) is 19.9. The van der Waals surface area contributed by atoms with Crippen molar-refractivity contribution >= 4 is 15.5 Å². The van der Waals surface area contributed by atoms with Gasteiger partial charge in [-0.25, -0.2) is 17.2 Å². The largest absolute Gasteiger partial charge is 0.416 e. The summed E-state index contributed by atoms with van der Waals surface area (Å²) in [5.41, 5.74) is 0.127. The van der Waals surface area contributed by atoms with Crippen LogP contribution in [0.3, 0.4) is 0 Å². The molecular formula is C14H7F8NO2S. The Bertz CT molecular complexity index is 909. The second-order valence-electron chi connectivity index (χ2n) is 5.05. The van der Waals surface area contributed by atoms with E-state index < -0.39 is 60.4 Å². The molecule has 2 aromatic carbocycles. The van der Waals surface area contributed by atoms with E-state index in [-0.39, 0.29) is 30.3 Å². The molecule has 0 saturated carbocycles. The lowest BCUT2D eigenvalue weighted by Crippen LogP contribution is -2.14. The van der Waals surface area contributed by atoms with Crippen molar-refractivity contribution in [1.82, 2.24) is 0 Å². The van der Waals surface area contributed by atoms with Crippen LogP contribution in [-0.2, 0) is 22.2 Å². The average Bonchev–Trinajstić information content (AvgIpc) is 2.49. The minimum atomic E-state index is -5.29. The summed E-state index contributed by atoms with van der Waals surface area (Å²) in [7, 11) is -5.10. The third-order valence-corrected chi connectivity index (χ3v) is 4.95. The lowest BCUT2D eigenvalue weighted by molar-refractivity contribution is -0.143. The number of alkyl halides is 6. The van der Waals surface area contributed by atoms with Gasteiger partial charge in [0.15, 0.2) is 0 Å². The number of nitrogens with two attached hydrogens (primary N) is 1. The third-order valence-electron chi connectivity index (χ3n) is 3.23. The molecule has 0 aliphatic heterocycles. The molecule has 2 rings (SSSR count). The van der Waals surface area contributed by atoms with Gasteiger partial charge < -0.3 is 5.73 Å². The number of rotatable bonds is 2. The third kappa shape index (κ3) is 3.74.